The van der Waals surface area contributed by atoms with E-state index < -0.39 is 11.7 Å². The highest BCUT2D eigenvalue weighted by Crippen LogP contribution is 2.19. The second kappa shape index (κ2) is 8.19. The van der Waals surface area contributed by atoms with E-state index >= 15 is 0 Å². The molecule has 0 unspecified atom stereocenters. The molecule has 0 bridgehead atoms. The van der Waals surface area contributed by atoms with Gasteiger partial charge in [0.15, 0.2) is 0 Å². The minimum absolute atomic E-state index is 0.159. The summed E-state index contributed by atoms with van der Waals surface area (Å²) in [5.41, 5.74) is 2.15. The van der Waals surface area contributed by atoms with Gasteiger partial charge in [-0.3, -0.25) is 14.6 Å². The van der Waals surface area contributed by atoms with Crippen LogP contribution in [0, 0.1) is 12.7 Å². The first kappa shape index (κ1) is 19.4. The first-order valence-corrected chi connectivity index (χ1v) is 9.18. The highest BCUT2D eigenvalue weighted by Gasteiger charge is 2.26. The summed E-state index contributed by atoms with van der Waals surface area (Å²) in [5.74, 6) is -0.604. The summed E-state index contributed by atoms with van der Waals surface area (Å²) in [4.78, 5) is 32.9. The maximum absolute atomic E-state index is 13.2. The van der Waals surface area contributed by atoms with Gasteiger partial charge in [-0.1, -0.05) is 5.16 Å². The lowest BCUT2D eigenvalue weighted by atomic mass is 10.1. The van der Waals surface area contributed by atoms with Gasteiger partial charge in [-0.2, -0.15) is 10.1 Å². The second-order valence-electron chi connectivity index (χ2n) is 6.67. The van der Waals surface area contributed by atoms with Crippen molar-refractivity contribution in [1.29, 1.82) is 0 Å². The molecule has 10 heteroatoms. The second-order valence-corrected chi connectivity index (χ2v) is 6.67. The Kier molecular flexibility index (Phi) is 5.29. The number of hydrogen-bond donors (Lipinski definition) is 1. The number of halogens is 1. The van der Waals surface area contributed by atoms with Gasteiger partial charge in [-0.25, -0.2) is 9.40 Å². The largest absolute Gasteiger partial charge is 0.332 e. The SMILES string of the molecule is Cc1cc(F)ccc1NC(=O)CN1N=C(c2nc(-c3cccnc3)no2)CCC1=O. The molecule has 9 nitrogen and oxygen atoms in total. The van der Waals surface area contributed by atoms with Crippen LogP contribution in [-0.2, 0) is 9.59 Å². The smallest absolute Gasteiger partial charge is 0.274 e. The first-order chi connectivity index (χ1) is 14.5. The zero-order valence-corrected chi connectivity index (χ0v) is 16.0. The summed E-state index contributed by atoms with van der Waals surface area (Å²) in [7, 11) is 0. The lowest BCUT2D eigenvalue weighted by molar-refractivity contribution is -0.135. The minimum Gasteiger partial charge on any atom is -0.332 e. The van der Waals surface area contributed by atoms with E-state index in [0.29, 0.717) is 34.8 Å². The molecular weight excluding hydrogens is 391 g/mol. The van der Waals surface area contributed by atoms with Crippen molar-refractivity contribution in [2.24, 2.45) is 5.10 Å². The third kappa shape index (κ3) is 4.22. The van der Waals surface area contributed by atoms with Gasteiger partial charge in [0, 0.05) is 36.5 Å². The molecule has 1 N–H and O–H groups in total. The number of pyridine rings is 1. The Hall–Kier alpha value is -3.95. The quantitative estimate of drug-likeness (QED) is 0.694. The highest BCUT2D eigenvalue weighted by molar-refractivity contribution is 6.02. The maximum atomic E-state index is 13.2. The molecule has 30 heavy (non-hydrogen) atoms. The zero-order valence-electron chi connectivity index (χ0n) is 16.0. The molecule has 0 aliphatic carbocycles. The number of nitrogens with one attached hydrogen (secondary N) is 1. The monoisotopic (exact) mass is 408 g/mol. The van der Waals surface area contributed by atoms with Crippen molar-refractivity contribution in [2.45, 2.75) is 19.8 Å². The lowest BCUT2D eigenvalue weighted by Gasteiger charge is -2.22. The molecule has 0 saturated heterocycles. The average molecular weight is 408 g/mol. The fourth-order valence-corrected chi connectivity index (χ4v) is 2.93. The molecule has 1 aliphatic heterocycles. The fraction of sp³-hybridized carbons (Fsp3) is 0.200. The summed E-state index contributed by atoms with van der Waals surface area (Å²) in [6.45, 7) is 1.39. The van der Waals surface area contributed by atoms with Crippen LogP contribution in [0.1, 0.15) is 24.3 Å². The predicted molar refractivity (Wildman–Crippen MR) is 105 cm³/mol. The number of carbonyl (C=O) groups excluding carboxylic acids is 2. The van der Waals surface area contributed by atoms with E-state index in [2.05, 4.69) is 25.5 Å². The topological polar surface area (TPSA) is 114 Å². The summed E-state index contributed by atoms with van der Waals surface area (Å²) in [6, 6.07) is 7.58. The zero-order chi connectivity index (χ0) is 21.1. The number of carbonyl (C=O) groups is 2. The standard InChI is InChI=1S/C20H17FN6O3/c1-12-9-14(21)4-5-15(12)23-17(28)11-27-18(29)7-6-16(25-27)20-24-19(26-30-20)13-3-2-8-22-10-13/h2-5,8-10H,6-7,11H2,1H3,(H,23,28). The number of rotatable bonds is 5. The van der Waals surface area contributed by atoms with Crippen LogP contribution < -0.4 is 5.32 Å². The van der Waals surface area contributed by atoms with Crippen LogP contribution >= 0.6 is 0 Å². The summed E-state index contributed by atoms with van der Waals surface area (Å²) in [5, 5.41) is 11.9. The number of hydrogen-bond acceptors (Lipinski definition) is 7. The highest BCUT2D eigenvalue weighted by atomic mass is 19.1. The third-order valence-electron chi connectivity index (χ3n) is 4.45. The molecule has 0 radical (unpaired) electrons. The molecule has 3 heterocycles. The van der Waals surface area contributed by atoms with Gasteiger partial charge < -0.3 is 9.84 Å². The van der Waals surface area contributed by atoms with E-state index in [-0.39, 0.29) is 24.8 Å². The normalized spacial score (nSPS) is 13.9. The fourth-order valence-electron chi connectivity index (χ4n) is 2.93. The summed E-state index contributed by atoms with van der Waals surface area (Å²) >= 11 is 0. The van der Waals surface area contributed by atoms with Crippen LogP contribution in [0.25, 0.3) is 11.4 Å². The van der Waals surface area contributed by atoms with Crippen molar-refractivity contribution in [3.05, 3.63) is 60.0 Å². The van der Waals surface area contributed by atoms with Crippen LogP contribution in [-0.4, -0.2) is 44.2 Å². The van der Waals surface area contributed by atoms with Gasteiger partial charge in [0.1, 0.15) is 18.1 Å². The van der Waals surface area contributed by atoms with E-state index in [9.17, 15) is 14.0 Å². The molecular formula is C20H17FN6O3. The van der Waals surface area contributed by atoms with Gasteiger partial charge in [0.2, 0.25) is 17.6 Å². The van der Waals surface area contributed by atoms with Crippen molar-refractivity contribution in [3.63, 3.8) is 0 Å². The van der Waals surface area contributed by atoms with Crippen molar-refractivity contribution in [2.75, 3.05) is 11.9 Å². The van der Waals surface area contributed by atoms with Crippen LogP contribution in [0.4, 0.5) is 10.1 Å². The van der Waals surface area contributed by atoms with E-state index in [0.717, 1.165) is 5.01 Å². The number of benzene rings is 1. The molecule has 4 rings (SSSR count). The molecule has 1 aromatic carbocycles. The van der Waals surface area contributed by atoms with Gasteiger partial charge in [0.25, 0.3) is 5.89 Å². The van der Waals surface area contributed by atoms with Crippen molar-refractivity contribution >= 4 is 23.2 Å². The average Bonchev–Trinajstić information content (AvgIpc) is 3.23. The lowest BCUT2D eigenvalue weighted by Crippen LogP contribution is -2.38. The Morgan fingerprint density at radius 2 is 2.17 bits per heavy atom. The van der Waals surface area contributed by atoms with Crippen molar-refractivity contribution in [3.8, 4) is 11.4 Å². The Morgan fingerprint density at radius 3 is 2.93 bits per heavy atom. The number of anilines is 1. The maximum Gasteiger partial charge on any atom is 0.274 e. The van der Waals surface area contributed by atoms with Gasteiger partial charge in [-0.05, 0) is 42.8 Å². The van der Waals surface area contributed by atoms with Crippen molar-refractivity contribution < 1.29 is 18.5 Å². The molecule has 0 atom stereocenters. The first-order valence-electron chi connectivity index (χ1n) is 9.18. The van der Waals surface area contributed by atoms with Crippen LogP contribution in [0.5, 0.6) is 0 Å². The van der Waals surface area contributed by atoms with Crippen LogP contribution in [0.2, 0.25) is 0 Å². The molecule has 1 aliphatic rings. The molecule has 3 aromatic rings. The Morgan fingerprint density at radius 1 is 1.30 bits per heavy atom. The number of hydrazone groups is 1. The number of nitrogens with zero attached hydrogens (tertiary/aromatic N) is 5. The van der Waals surface area contributed by atoms with Gasteiger partial charge in [0.05, 0.1) is 0 Å². The predicted octanol–water partition coefficient (Wildman–Crippen LogP) is 2.54. The Bertz CT molecular complexity index is 1130. The van der Waals surface area contributed by atoms with E-state index in [1.54, 1.807) is 31.5 Å². The summed E-state index contributed by atoms with van der Waals surface area (Å²) in [6.07, 6.45) is 3.72. The molecule has 0 saturated carbocycles. The van der Waals surface area contributed by atoms with Crippen molar-refractivity contribution in [1.82, 2.24) is 20.1 Å². The van der Waals surface area contributed by atoms with Gasteiger partial charge in [-0.15, -0.1) is 0 Å². The molecule has 2 amide bonds. The molecule has 2 aromatic heterocycles. The molecule has 0 spiro atoms. The number of amides is 2. The molecule has 0 fully saturated rings. The third-order valence-corrected chi connectivity index (χ3v) is 4.45. The van der Waals surface area contributed by atoms with Crippen LogP contribution in [0.15, 0.2) is 52.4 Å². The Labute approximate surface area is 170 Å². The van der Waals surface area contributed by atoms with E-state index in [1.165, 1.54) is 18.2 Å². The Balaban J connectivity index is 1.48. The van der Waals surface area contributed by atoms with E-state index in [1.807, 2.05) is 0 Å². The van der Waals surface area contributed by atoms with Crippen LogP contribution in [0.3, 0.4) is 0 Å². The summed E-state index contributed by atoms with van der Waals surface area (Å²) < 4.78 is 18.5. The number of aryl methyl sites for hydroxylation is 1. The minimum atomic E-state index is -0.454. The van der Waals surface area contributed by atoms with Gasteiger partial charge >= 0.3 is 0 Å². The van der Waals surface area contributed by atoms with E-state index in [4.69, 9.17) is 4.52 Å². The molecule has 152 valence electrons. The number of aromatic nitrogens is 3.